The Kier molecular flexibility index (Phi) is 7.40. The highest BCUT2D eigenvalue weighted by Gasteiger charge is 2.23. The molecule has 4 aromatic rings. The number of hydrogen-bond donors (Lipinski definition) is 2. The van der Waals surface area contributed by atoms with E-state index in [1.54, 1.807) is 35.9 Å². The van der Waals surface area contributed by atoms with Crippen molar-refractivity contribution >= 4 is 38.2 Å². The Bertz CT molecular complexity index is 1610. The summed E-state index contributed by atoms with van der Waals surface area (Å²) in [5.74, 6) is 0.428. The lowest BCUT2D eigenvalue weighted by Gasteiger charge is -2.12. The lowest BCUT2D eigenvalue weighted by molar-refractivity contribution is -0.116. The predicted octanol–water partition coefficient (Wildman–Crippen LogP) is 4.97. The van der Waals surface area contributed by atoms with E-state index in [0.29, 0.717) is 50.6 Å². The topological polar surface area (TPSA) is 115 Å². The van der Waals surface area contributed by atoms with Crippen LogP contribution in [-0.4, -0.2) is 36.2 Å². The van der Waals surface area contributed by atoms with Crippen molar-refractivity contribution in [1.29, 1.82) is 0 Å². The molecule has 0 atom stereocenters. The lowest BCUT2D eigenvalue weighted by Crippen LogP contribution is -2.20. The molecule has 37 heavy (non-hydrogen) atoms. The number of carbonyl (C=O) groups is 1. The molecule has 10 heteroatoms. The monoisotopic (exact) mass is 520 g/mol. The fraction of sp³-hybridized carbons (Fsp3) is 0.222. The molecule has 0 aliphatic carbocycles. The normalized spacial score (nSPS) is 11.5. The Labute approximate surface area is 215 Å². The summed E-state index contributed by atoms with van der Waals surface area (Å²) in [5.41, 5.74) is 10.4. The van der Waals surface area contributed by atoms with Gasteiger partial charge in [0.2, 0.25) is 5.91 Å². The smallest absolute Gasteiger partial charge is 0.243 e. The number of benzene rings is 2. The Morgan fingerprint density at radius 2 is 1.89 bits per heavy atom. The van der Waals surface area contributed by atoms with Crippen LogP contribution in [0.4, 0.5) is 15.9 Å². The van der Waals surface area contributed by atoms with E-state index >= 15 is 4.39 Å². The zero-order chi connectivity index (χ0) is 26.7. The number of fused-ring (bicyclic) bond motifs is 1. The molecule has 0 bridgehead atoms. The number of nitrogens with zero attached hydrogens (tertiary/aromatic N) is 4. The third kappa shape index (κ3) is 5.10. The number of hydrogen-bond acceptors (Lipinski definition) is 6. The molecule has 4 rings (SSSR count). The first-order valence-corrected chi connectivity index (χ1v) is 13.7. The third-order valence-corrected chi connectivity index (χ3v) is 8.62. The van der Waals surface area contributed by atoms with Gasteiger partial charge in [0.05, 0.1) is 26.5 Å². The molecule has 2 heterocycles. The maximum absolute atomic E-state index is 15.5. The van der Waals surface area contributed by atoms with Crippen LogP contribution in [0.1, 0.15) is 19.4 Å². The molecule has 2 aromatic heterocycles. The lowest BCUT2D eigenvalue weighted by atomic mass is 9.97. The van der Waals surface area contributed by atoms with Crippen LogP contribution in [0, 0.1) is 5.82 Å². The Morgan fingerprint density at radius 3 is 2.51 bits per heavy atom. The molecule has 0 radical (unpaired) electrons. The van der Waals surface area contributed by atoms with Gasteiger partial charge in [-0.25, -0.2) is 18.6 Å². The summed E-state index contributed by atoms with van der Waals surface area (Å²) < 4.78 is 34.6. The van der Waals surface area contributed by atoms with Gasteiger partial charge in [0, 0.05) is 36.2 Å². The van der Waals surface area contributed by atoms with Crippen LogP contribution in [0.3, 0.4) is 0 Å². The van der Waals surface area contributed by atoms with Crippen molar-refractivity contribution in [2.24, 2.45) is 11.4 Å². The Hall–Kier alpha value is -4.05. The molecule has 0 spiro atoms. The Balaban J connectivity index is 1.88. The van der Waals surface area contributed by atoms with Crippen LogP contribution < -0.4 is 11.1 Å². The van der Waals surface area contributed by atoms with E-state index in [9.17, 15) is 9.00 Å². The summed E-state index contributed by atoms with van der Waals surface area (Å²) >= 11 is 0. The molecular formula is C27H29FN6O2S. The van der Waals surface area contributed by atoms with Gasteiger partial charge in [-0.1, -0.05) is 38.6 Å². The van der Waals surface area contributed by atoms with Crippen LogP contribution in [0.2, 0.25) is 0 Å². The molecular weight excluding hydrogens is 491 g/mol. The van der Waals surface area contributed by atoms with E-state index in [1.165, 1.54) is 18.5 Å². The van der Waals surface area contributed by atoms with Crippen molar-refractivity contribution in [3.05, 3.63) is 72.8 Å². The van der Waals surface area contributed by atoms with E-state index in [1.807, 2.05) is 26.0 Å². The minimum absolute atomic E-state index is 0.173. The number of nitrogen functional groups attached to an aromatic ring is 1. The van der Waals surface area contributed by atoms with Gasteiger partial charge in [0.1, 0.15) is 23.6 Å². The summed E-state index contributed by atoms with van der Waals surface area (Å²) in [6, 6.07) is 12.1. The minimum atomic E-state index is -2.31. The van der Waals surface area contributed by atoms with Crippen LogP contribution in [0.15, 0.2) is 65.8 Å². The van der Waals surface area contributed by atoms with Crippen LogP contribution in [-0.2, 0) is 28.1 Å². The van der Waals surface area contributed by atoms with Gasteiger partial charge in [-0.2, -0.15) is 4.36 Å². The zero-order valence-electron chi connectivity index (χ0n) is 21.0. The molecule has 2 aromatic carbocycles. The molecule has 1 amide bonds. The van der Waals surface area contributed by atoms with E-state index in [-0.39, 0.29) is 18.3 Å². The molecule has 0 saturated heterocycles. The fourth-order valence-corrected chi connectivity index (χ4v) is 5.38. The van der Waals surface area contributed by atoms with Gasteiger partial charge in [-0.3, -0.25) is 4.79 Å². The molecule has 0 saturated carbocycles. The van der Waals surface area contributed by atoms with Gasteiger partial charge in [0.25, 0.3) is 0 Å². The second-order valence-corrected chi connectivity index (χ2v) is 11.3. The molecule has 0 aliphatic heterocycles. The summed E-state index contributed by atoms with van der Waals surface area (Å²) in [4.78, 5) is 20.1. The second kappa shape index (κ2) is 10.5. The van der Waals surface area contributed by atoms with Gasteiger partial charge >= 0.3 is 0 Å². The number of aryl methyl sites for hydroxylation is 1. The molecule has 0 aliphatic rings. The molecule has 0 fully saturated rings. The molecule has 8 nitrogen and oxygen atoms in total. The largest absolute Gasteiger partial charge is 0.383 e. The van der Waals surface area contributed by atoms with Crippen LogP contribution in [0.5, 0.6) is 0 Å². The van der Waals surface area contributed by atoms with E-state index in [0.717, 1.165) is 5.56 Å². The highest BCUT2D eigenvalue weighted by Crippen LogP contribution is 2.42. The second-order valence-electron chi connectivity index (χ2n) is 8.46. The van der Waals surface area contributed by atoms with Crippen LogP contribution >= 0.6 is 0 Å². The minimum Gasteiger partial charge on any atom is -0.383 e. The van der Waals surface area contributed by atoms with Gasteiger partial charge in [0.15, 0.2) is 0 Å². The molecule has 192 valence electrons. The first-order chi connectivity index (χ1) is 17.7. The Morgan fingerprint density at radius 1 is 1.19 bits per heavy atom. The average molecular weight is 521 g/mol. The van der Waals surface area contributed by atoms with Gasteiger partial charge < -0.3 is 15.6 Å². The number of aromatic nitrogens is 3. The fourth-order valence-electron chi connectivity index (χ4n) is 4.21. The van der Waals surface area contributed by atoms with Gasteiger partial charge in [-0.15, -0.1) is 0 Å². The van der Waals surface area contributed by atoms with Crippen molar-refractivity contribution in [3.8, 4) is 22.4 Å². The number of halogens is 1. The van der Waals surface area contributed by atoms with Crippen molar-refractivity contribution in [1.82, 2.24) is 19.9 Å². The van der Waals surface area contributed by atoms with E-state index in [2.05, 4.69) is 26.2 Å². The predicted molar refractivity (Wildman–Crippen MR) is 147 cm³/mol. The number of anilines is 1. The summed E-state index contributed by atoms with van der Waals surface area (Å²) in [6.07, 6.45) is 2.54. The number of nitrogens with two attached hydrogens (primary N) is 1. The van der Waals surface area contributed by atoms with Gasteiger partial charge in [-0.05, 0) is 41.5 Å². The first kappa shape index (κ1) is 26.0. The first-order valence-electron chi connectivity index (χ1n) is 11.8. The summed E-state index contributed by atoms with van der Waals surface area (Å²) in [5, 5.41) is 3.26. The van der Waals surface area contributed by atoms with Crippen molar-refractivity contribution < 1.29 is 13.4 Å². The third-order valence-electron chi connectivity index (χ3n) is 6.27. The highest BCUT2D eigenvalue weighted by atomic mass is 32.2. The van der Waals surface area contributed by atoms with E-state index in [4.69, 9.17) is 5.73 Å². The highest BCUT2D eigenvalue weighted by molar-refractivity contribution is 7.93. The number of nitrogens with one attached hydrogen (secondary N) is 1. The quantitative estimate of drug-likeness (QED) is 0.319. The van der Waals surface area contributed by atoms with Crippen molar-refractivity contribution in [3.63, 3.8) is 0 Å². The zero-order valence-corrected chi connectivity index (χ0v) is 21.8. The number of carbonyl (C=O) groups excluding carboxylic acids is 1. The summed E-state index contributed by atoms with van der Waals surface area (Å²) in [6.45, 7) is 7.32. The maximum atomic E-state index is 15.5. The molecule has 0 unspecified atom stereocenters. The molecule has 3 N–H and O–H groups in total. The van der Waals surface area contributed by atoms with Crippen molar-refractivity contribution in [2.75, 3.05) is 17.2 Å². The maximum Gasteiger partial charge on any atom is 0.243 e. The van der Waals surface area contributed by atoms with Crippen LogP contribution in [0.25, 0.3) is 33.4 Å². The summed E-state index contributed by atoms with van der Waals surface area (Å²) in [7, 11) is -0.508. The SMILES string of the molecule is C=CC(=O)NCc1ccc(-c2c(-c3ccc(N=S(=O)(CC)CC)cc3)c3c(N)ncnc3n2C)c(F)c1. The number of rotatable bonds is 8. The standard InChI is InChI=1S/C27H29FN6O2S/c1-5-22(35)30-15-17-8-13-20(21(28)14-17)25-23(24-26(29)31-16-32-27(24)34(25)4)18-9-11-19(12-10-18)33-37(36,6-2)7-3/h5,8-14,16H,1,6-7,15H2,2-4H3,(H,30,35)(H2,29,31,32). The number of amides is 1. The van der Waals surface area contributed by atoms with E-state index < -0.39 is 15.5 Å². The average Bonchev–Trinajstić information content (AvgIpc) is 3.20. The van der Waals surface area contributed by atoms with Crippen molar-refractivity contribution in [2.45, 2.75) is 20.4 Å².